The Hall–Kier alpha value is -2.71. The molecule has 0 bridgehead atoms. The average molecular weight is 472 g/mol. The van der Waals surface area contributed by atoms with Crippen LogP contribution >= 0.6 is 23.4 Å². The van der Waals surface area contributed by atoms with Gasteiger partial charge in [-0.2, -0.15) is 0 Å². The first kappa shape index (κ1) is 22.5. The molecule has 1 aliphatic heterocycles. The molecule has 1 aromatic heterocycles. The van der Waals surface area contributed by atoms with E-state index >= 15 is 0 Å². The van der Waals surface area contributed by atoms with Crippen LogP contribution in [0.15, 0.2) is 47.6 Å². The van der Waals surface area contributed by atoms with Gasteiger partial charge in [-0.25, -0.2) is 4.68 Å². The zero-order valence-corrected chi connectivity index (χ0v) is 19.8. The molecule has 32 heavy (non-hydrogen) atoms. The van der Waals surface area contributed by atoms with Crippen molar-refractivity contribution >= 4 is 35.0 Å². The number of anilines is 1. The van der Waals surface area contributed by atoms with Gasteiger partial charge in [0.1, 0.15) is 11.0 Å². The minimum absolute atomic E-state index is 0.127. The second-order valence-corrected chi connectivity index (χ2v) is 9.05. The lowest BCUT2D eigenvalue weighted by Gasteiger charge is -2.33. The summed E-state index contributed by atoms with van der Waals surface area (Å²) in [6.45, 7) is 6.55. The molecule has 1 aliphatic rings. The summed E-state index contributed by atoms with van der Waals surface area (Å²) in [5, 5.41) is 12.5. The second kappa shape index (κ2) is 9.83. The summed E-state index contributed by atoms with van der Waals surface area (Å²) < 4.78 is 7.48. The zero-order valence-electron chi connectivity index (χ0n) is 18.3. The Kier molecular flexibility index (Phi) is 6.91. The number of ether oxygens (including phenoxy) is 1. The van der Waals surface area contributed by atoms with Crippen LogP contribution in [0.25, 0.3) is 0 Å². The van der Waals surface area contributed by atoms with Crippen molar-refractivity contribution in [2.24, 2.45) is 0 Å². The van der Waals surface area contributed by atoms with Crippen molar-refractivity contribution in [3.63, 3.8) is 0 Å². The highest BCUT2D eigenvalue weighted by molar-refractivity contribution is 8.00. The molecule has 0 fully saturated rings. The fraction of sp³-hybridized carbons (Fsp3) is 0.348. The van der Waals surface area contributed by atoms with Gasteiger partial charge in [-0.3, -0.25) is 4.79 Å². The minimum atomic E-state index is -0.461. The lowest BCUT2D eigenvalue weighted by atomic mass is 10.0. The Morgan fingerprint density at radius 1 is 1.22 bits per heavy atom. The van der Waals surface area contributed by atoms with Gasteiger partial charge in [-0.05, 0) is 55.7 Å². The Balaban J connectivity index is 1.66. The van der Waals surface area contributed by atoms with Gasteiger partial charge in [0.25, 0.3) is 0 Å². The van der Waals surface area contributed by atoms with E-state index in [2.05, 4.69) is 27.9 Å². The largest absolute Gasteiger partial charge is 0.494 e. The van der Waals surface area contributed by atoms with Gasteiger partial charge >= 0.3 is 0 Å². The fourth-order valence-corrected chi connectivity index (χ4v) is 4.89. The number of rotatable bonds is 7. The van der Waals surface area contributed by atoms with Crippen LogP contribution < -0.4 is 15.5 Å². The van der Waals surface area contributed by atoms with Crippen LogP contribution in [-0.2, 0) is 11.2 Å². The number of fused-ring (bicyclic) bond motifs is 1. The van der Waals surface area contributed by atoms with Crippen molar-refractivity contribution in [1.82, 2.24) is 14.9 Å². The Morgan fingerprint density at radius 3 is 2.72 bits per heavy atom. The maximum Gasteiger partial charge on any atom is 0.240 e. The molecule has 168 valence electrons. The van der Waals surface area contributed by atoms with Crippen molar-refractivity contribution in [1.29, 1.82) is 0 Å². The summed E-state index contributed by atoms with van der Waals surface area (Å²) >= 11 is 7.65. The third-order valence-electron chi connectivity index (χ3n) is 5.31. The van der Waals surface area contributed by atoms with Crippen LogP contribution in [-0.4, -0.2) is 32.6 Å². The number of hydrogen-bond donors (Lipinski definition) is 2. The molecule has 2 aromatic carbocycles. The van der Waals surface area contributed by atoms with Crippen molar-refractivity contribution in [3.8, 4) is 5.75 Å². The smallest absolute Gasteiger partial charge is 0.240 e. The maximum atomic E-state index is 13.4. The quantitative estimate of drug-likeness (QED) is 0.505. The number of benzene rings is 2. The van der Waals surface area contributed by atoms with Crippen LogP contribution in [0.2, 0.25) is 5.02 Å². The van der Waals surface area contributed by atoms with Crippen LogP contribution in [0.1, 0.15) is 43.3 Å². The summed E-state index contributed by atoms with van der Waals surface area (Å²) in [4.78, 5) is 13.4. The molecule has 2 heterocycles. The third kappa shape index (κ3) is 4.56. The molecule has 0 aliphatic carbocycles. The number of carbonyl (C=O) groups excluding carboxylic acids is 1. The molecule has 3 aromatic rings. The van der Waals surface area contributed by atoms with Gasteiger partial charge in [0.2, 0.25) is 11.1 Å². The van der Waals surface area contributed by atoms with E-state index in [0.717, 1.165) is 35.5 Å². The highest BCUT2D eigenvalue weighted by Crippen LogP contribution is 2.38. The molecule has 2 unspecified atom stereocenters. The summed E-state index contributed by atoms with van der Waals surface area (Å²) in [6, 6.07) is 13.0. The molecule has 2 N–H and O–H groups in total. The first-order valence-corrected chi connectivity index (χ1v) is 11.9. The first-order chi connectivity index (χ1) is 15.5. The van der Waals surface area contributed by atoms with Crippen LogP contribution in [0.5, 0.6) is 5.75 Å². The number of nitrogens with one attached hydrogen (secondary N) is 2. The number of thioether (sulfide) groups is 1. The number of carbonyl (C=O) groups is 1. The van der Waals surface area contributed by atoms with E-state index in [9.17, 15) is 4.79 Å². The second-order valence-electron chi connectivity index (χ2n) is 7.53. The molecule has 0 spiro atoms. The van der Waals surface area contributed by atoms with Gasteiger partial charge in [-0.1, -0.05) is 48.5 Å². The molecule has 4 rings (SSSR count). The number of amides is 1. The third-order valence-corrected chi connectivity index (χ3v) is 6.94. The van der Waals surface area contributed by atoms with Crippen LogP contribution in [0, 0.1) is 6.92 Å². The van der Waals surface area contributed by atoms with Crippen LogP contribution in [0.3, 0.4) is 0 Å². The number of aromatic nitrogens is 3. The average Bonchev–Trinajstić information content (AvgIpc) is 3.19. The molecular weight excluding hydrogens is 446 g/mol. The number of halogens is 1. The van der Waals surface area contributed by atoms with Crippen molar-refractivity contribution in [2.75, 3.05) is 17.3 Å². The molecule has 9 heteroatoms. The fourth-order valence-electron chi connectivity index (χ4n) is 3.62. The van der Waals surface area contributed by atoms with Crippen molar-refractivity contribution in [2.45, 2.75) is 50.1 Å². The highest BCUT2D eigenvalue weighted by atomic mass is 35.5. The normalized spacial score (nSPS) is 17.4. The van der Waals surface area contributed by atoms with Crippen molar-refractivity contribution < 1.29 is 9.53 Å². The molecular formula is C23H26ClN5O2S. The Morgan fingerprint density at radius 2 is 2.00 bits per heavy atom. The summed E-state index contributed by atoms with van der Waals surface area (Å²) in [5.41, 5.74) is 6.00. The Bertz CT molecular complexity index is 1100. The predicted molar refractivity (Wildman–Crippen MR) is 128 cm³/mol. The van der Waals surface area contributed by atoms with Gasteiger partial charge in [0.05, 0.1) is 12.6 Å². The number of hydrogen-bond acceptors (Lipinski definition) is 6. The van der Waals surface area contributed by atoms with E-state index in [4.69, 9.17) is 16.3 Å². The van der Waals surface area contributed by atoms with Gasteiger partial charge in [-0.15, -0.1) is 10.2 Å². The Labute approximate surface area is 196 Å². The van der Waals surface area contributed by atoms with Gasteiger partial charge in [0, 0.05) is 17.1 Å². The topological polar surface area (TPSA) is 81.1 Å². The van der Waals surface area contributed by atoms with E-state index in [1.165, 1.54) is 11.8 Å². The van der Waals surface area contributed by atoms with Gasteiger partial charge < -0.3 is 15.5 Å². The first-order valence-electron chi connectivity index (χ1n) is 10.7. The molecule has 0 saturated heterocycles. The van der Waals surface area contributed by atoms with E-state index in [0.29, 0.717) is 22.5 Å². The van der Waals surface area contributed by atoms with E-state index in [1.807, 2.05) is 61.0 Å². The molecule has 0 radical (unpaired) electrons. The standard InChI is InChI=1S/C23H26ClN5O2S/c1-4-7-19-26-27-23-29(19)28-20(15-10-12-16(13-11-15)31-5-2)21(32-23)22(30)25-18-9-6-8-17(24)14(18)3/h6,8-13,20-21,28H,4-5,7H2,1-3H3,(H,25,30). The van der Waals surface area contributed by atoms with E-state index in [-0.39, 0.29) is 11.9 Å². The number of nitrogens with zero attached hydrogens (tertiary/aromatic N) is 3. The lowest BCUT2D eigenvalue weighted by Crippen LogP contribution is -2.41. The maximum absolute atomic E-state index is 13.4. The summed E-state index contributed by atoms with van der Waals surface area (Å²) in [5.74, 6) is 1.53. The SMILES string of the molecule is CCCc1nnc2n1NC(c1ccc(OCC)cc1)C(C(=O)Nc1cccc(Cl)c1C)S2. The summed E-state index contributed by atoms with van der Waals surface area (Å²) in [6.07, 6.45) is 1.76. The summed E-state index contributed by atoms with van der Waals surface area (Å²) in [7, 11) is 0. The van der Waals surface area contributed by atoms with E-state index < -0.39 is 5.25 Å². The van der Waals surface area contributed by atoms with Gasteiger partial charge in [0.15, 0.2) is 5.82 Å². The minimum Gasteiger partial charge on any atom is -0.494 e. The predicted octanol–water partition coefficient (Wildman–Crippen LogP) is 4.99. The van der Waals surface area contributed by atoms with Crippen molar-refractivity contribution in [3.05, 3.63) is 64.4 Å². The molecule has 1 amide bonds. The number of aryl methyl sites for hydroxylation is 1. The molecule has 2 atom stereocenters. The monoisotopic (exact) mass is 471 g/mol. The van der Waals surface area contributed by atoms with E-state index in [1.54, 1.807) is 0 Å². The molecule has 0 saturated carbocycles. The van der Waals surface area contributed by atoms with Crippen LogP contribution in [0.4, 0.5) is 5.69 Å². The highest BCUT2D eigenvalue weighted by Gasteiger charge is 2.38. The zero-order chi connectivity index (χ0) is 22.7. The molecule has 7 nitrogen and oxygen atoms in total. The lowest BCUT2D eigenvalue weighted by molar-refractivity contribution is -0.116.